The van der Waals surface area contributed by atoms with Crippen LogP contribution in [0.25, 0.3) is 0 Å². The van der Waals surface area contributed by atoms with Gasteiger partial charge in [-0.1, -0.05) is 18.2 Å². The zero-order valence-electron chi connectivity index (χ0n) is 16.8. The summed E-state index contributed by atoms with van der Waals surface area (Å²) in [5.74, 6) is -1.37. The molecule has 5 nitrogen and oxygen atoms in total. The lowest BCUT2D eigenvalue weighted by Gasteiger charge is -2.28. The van der Waals surface area contributed by atoms with Gasteiger partial charge in [-0.15, -0.1) is 0 Å². The second-order valence-electron chi connectivity index (χ2n) is 7.42. The Balaban J connectivity index is 3.87. The number of hydrogen-bond donors (Lipinski definition) is 1. The van der Waals surface area contributed by atoms with E-state index in [0.29, 0.717) is 50.6 Å². The smallest absolute Gasteiger partial charge is 0.379 e. The summed E-state index contributed by atoms with van der Waals surface area (Å²) in [6.07, 6.45) is -1.75. The Morgan fingerprint density at radius 1 is 1.04 bits per heavy atom. The second kappa shape index (κ2) is 11.9. The van der Waals surface area contributed by atoms with Crippen molar-refractivity contribution in [3.05, 3.63) is 0 Å². The van der Waals surface area contributed by atoms with Gasteiger partial charge in [-0.05, 0) is 47.0 Å². The zero-order chi connectivity index (χ0) is 21.1. The number of ether oxygens (including phenoxy) is 2. The average molecular weight is 416 g/mol. The van der Waals surface area contributed by atoms with Gasteiger partial charge < -0.3 is 14.8 Å². The number of thioether (sulfide) groups is 1. The highest BCUT2D eigenvalue weighted by molar-refractivity contribution is 8.13. The molecule has 0 fully saturated rings. The van der Waals surface area contributed by atoms with Crippen molar-refractivity contribution in [3.63, 3.8) is 0 Å². The number of unbranched alkanes of at least 4 members (excludes halogenated alkanes) is 2. The van der Waals surface area contributed by atoms with Gasteiger partial charge in [0.2, 0.25) is 0 Å². The van der Waals surface area contributed by atoms with Crippen molar-refractivity contribution in [1.29, 1.82) is 0 Å². The van der Waals surface area contributed by atoms with Crippen LogP contribution in [0.3, 0.4) is 0 Å². The Hall–Kier alpha value is -0.800. The number of carbonyl (C=O) groups excluding carboxylic acids is 2. The quantitative estimate of drug-likeness (QED) is 0.459. The highest BCUT2D eigenvalue weighted by Crippen LogP contribution is 2.23. The van der Waals surface area contributed by atoms with Crippen LogP contribution in [0.2, 0.25) is 0 Å². The lowest BCUT2D eigenvalue weighted by Crippen LogP contribution is -2.45. The molecule has 0 aromatic rings. The fraction of sp³-hybridized carbons (Fsp3) is 0.889. The van der Waals surface area contributed by atoms with Crippen molar-refractivity contribution in [2.24, 2.45) is 0 Å². The molecule has 1 N–H and O–H groups in total. The minimum Gasteiger partial charge on any atom is -0.379 e. The van der Waals surface area contributed by atoms with E-state index in [-0.39, 0.29) is 17.9 Å². The third-order valence-corrected chi connectivity index (χ3v) is 5.00. The molecule has 0 bridgehead atoms. The molecule has 0 saturated carbocycles. The molecule has 27 heavy (non-hydrogen) atoms. The summed E-state index contributed by atoms with van der Waals surface area (Å²) in [7, 11) is 1.63. The van der Waals surface area contributed by atoms with E-state index < -0.39 is 22.6 Å². The highest BCUT2D eigenvalue weighted by atomic mass is 32.2. The average Bonchev–Trinajstić information content (AvgIpc) is 2.54. The lowest BCUT2D eigenvalue weighted by atomic mass is 10.1. The van der Waals surface area contributed by atoms with Gasteiger partial charge in [0.1, 0.15) is 5.60 Å². The molecule has 0 spiro atoms. The van der Waals surface area contributed by atoms with Crippen LogP contribution in [0.15, 0.2) is 0 Å². The normalized spacial score (nSPS) is 12.9. The maximum atomic E-state index is 12.2. The largest absolute Gasteiger partial charge is 0.398 e. The van der Waals surface area contributed by atoms with Crippen molar-refractivity contribution in [2.75, 3.05) is 26.0 Å². The fourth-order valence-electron chi connectivity index (χ4n) is 1.94. The fourth-order valence-corrected chi connectivity index (χ4v) is 2.55. The van der Waals surface area contributed by atoms with E-state index in [2.05, 4.69) is 5.32 Å². The molecular formula is C18H32F3NO4S. The van der Waals surface area contributed by atoms with Crippen LogP contribution in [0.4, 0.5) is 13.2 Å². The maximum Gasteiger partial charge on any atom is 0.398 e. The molecule has 0 aliphatic carbocycles. The van der Waals surface area contributed by atoms with Crippen molar-refractivity contribution < 1.29 is 32.2 Å². The summed E-state index contributed by atoms with van der Waals surface area (Å²) in [6, 6.07) is 0. The summed E-state index contributed by atoms with van der Waals surface area (Å²) in [5.41, 5.74) is -1.28. The molecule has 0 radical (unpaired) electrons. The van der Waals surface area contributed by atoms with Crippen LogP contribution in [-0.4, -0.2) is 54.4 Å². The molecule has 1 amide bonds. The van der Waals surface area contributed by atoms with Crippen LogP contribution in [-0.2, 0) is 19.1 Å². The number of hydrogen-bond acceptors (Lipinski definition) is 5. The van der Waals surface area contributed by atoms with E-state index in [0.717, 1.165) is 0 Å². The van der Waals surface area contributed by atoms with E-state index in [1.54, 1.807) is 21.0 Å². The van der Waals surface area contributed by atoms with Crippen molar-refractivity contribution in [2.45, 2.75) is 77.2 Å². The summed E-state index contributed by atoms with van der Waals surface area (Å²) in [5, 5.41) is 2.33. The molecule has 0 unspecified atom stereocenters. The third-order valence-electron chi connectivity index (χ3n) is 4.01. The molecule has 0 saturated heterocycles. The number of carbonyl (C=O) groups is 2. The number of methoxy groups -OCH3 is 1. The predicted molar refractivity (Wildman–Crippen MR) is 101 cm³/mol. The number of halogens is 3. The van der Waals surface area contributed by atoms with Gasteiger partial charge in [-0.3, -0.25) is 9.59 Å². The van der Waals surface area contributed by atoms with Crippen LogP contribution < -0.4 is 5.32 Å². The Morgan fingerprint density at radius 3 is 2.22 bits per heavy atom. The van der Waals surface area contributed by atoms with Gasteiger partial charge in [0, 0.05) is 20.1 Å². The van der Waals surface area contributed by atoms with Crippen molar-refractivity contribution in [1.82, 2.24) is 5.32 Å². The molecular weight excluding hydrogens is 383 g/mol. The van der Waals surface area contributed by atoms with Gasteiger partial charge in [0.15, 0.2) is 5.12 Å². The van der Waals surface area contributed by atoms with Crippen LogP contribution >= 0.6 is 11.8 Å². The zero-order valence-corrected chi connectivity index (χ0v) is 17.6. The molecule has 0 aromatic carbocycles. The molecule has 0 aromatic heterocycles. The monoisotopic (exact) mass is 415 g/mol. The SMILES string of the molecule is COC(C)(C)CCOC(C)(C)C(=O)NCCCCCC(=O)SCC(F)(F)F. The molecule has 0 aliphatic heterocycles. The van der Waals surface area contributed by atoms with Gasteiger partial charge in [-0.2, -0.15) is 13.2 Å². The summed E-state index contributed by atoms with van der Waals surface area (Å²) < 4.78 is 47.0. The minimum absolute atomic E-state index is 0.110. The first-order valence-corrected chi connectivity index (χ1v) is 9.97. The topological polar surface area (TPSA) is 64.6 Å². The third kappa shape index (κ3) is 13.9. The minimum atomic E-state index is -4.32. The Kier molecular flexibility index (Phi) is 11.6. The Bertz CT molecular complexity index is 468. The van der Waals surface area contributed by atoms with Crippen molar-refractivity contribution in [3.8, 4) is 0 Å². The van der Waals surface area contributed by atoms with Crippen LogP contribution in [0.1, 0.15) is 59.8 Å². The van der Waals surface area contributed by atoms with Gasteiger partial charge in [0.25, 0.3) is 5.91 Å². The number of rotatable bonds is 13. The summed E-state index contributed by atoms with van der Waals surface area (Å²) in [4.78, 5) is 23.5. The predicted octanol–water partition coefficient (Wildman–Crippen LogP) is 4.10. The number of alkyl halides is 3. The first kappa shape index (κ1) is 26.2. The van der Waals surface area contributed by atoms with Crippen molar-refractivity contribution >= 4 is 22.8 Å². The molecule has 160 valence electrons. The molecule has 0 atom stereocenters. The van der Waals surface area contributed by atoms with Gasteiger partial charge in [0.05, 0.1) is 18.0 Å². The number of nitrogens with one attached hydrogen (secondary N) is 1. The van der Waals surface area contributed by atoms with Crippen LogP contribution in [0.5, 0.6) is 0 Å². The van der Waals surface area contributed by atoms with E-state index in [1.807, 2.05) is 13.8 Å². The molecule has 9 heteroatoms. The summed E-state index contributed by atoms with van der Waals surface area (Å²) >= 11 is 0.307. The molecule has 0 aliphatic rings. The standard InChI is InChI=1S/C18H32F3NO4S/c1-16(2,25-5)10-12-26-17(3,4)15(24)22-11-8-6-7-9-14(23)27-13-18(19,20)21/h6-13H2,1-5H3,(H,22,24). The highest BCUT2D eigenvalue weighted by Gasteiger charge is 2.29. The molecule has 0 heterocycles. The first-order valence-electron chi connectivity index (χ1n) is 8.99. The van der Waals surface area contributed by atoms with E-state index >= 15 is 0 Å². The van der Waals surface area contributed by atoms with Gasteiger partial charge in [-0.25, -0.2) is 0 Å². The number of amides is 1. The Morgan fingerprint density at radius 2 is 1.67 bits per heavy atom. The van der Waals surface area contributed by atoms with Gasteiger partial charge >= 0.3 is 6.18 Å². The summed E-state index contributed by atoms with van der Waals surface area (Å²) in [6.45, 7) is 8.08. The second-order valence-corrected chi connectivity index (χ2v) is 8.45. The van der Waals surface area contributed by atoms with E-state index in [1.165, 1.54) is 0 Å². The first-order chi connectivity index (χ1) is 12.3. The van der Waals surface area contributed by atoms with E-state index in [9.17, 15) is 22.8 Å². The van der Waals surface area contributed by atoms with Crippen LogP contribution in [0, 0.1) is 0 Å². The maximum absolute atomic E-state index is 12.2. The lowest BCUT2D eigenvalue weighted by molar-refractivity contribution is -0.144. The molecule has 0 rings (SSSR count). The van der Waals surface area contributed by atoms with E-state index in [4.69, 9.17) is 9.47 Å². The Labute approximate surface area is 164 Å².